The first-order valence-corrected chi connectivity index (χ1v) is 6.95. The van der Waals surface area contributed by atoms with Crippen LogP contribution in [0.25, 0.3) is 0 Å². The Labute approximate surface area is 123 Å². The molecule has 1 atom stereocenters. The van der Waals surface area contributed by atoms with Crippen LogP contribution in [0.1, 0.15) is 36.0 Å². The van der Waals surface area contributed by atoms with Crippen molar-refractivity contribution >= 4 is 6.47 Å². The Morgan fingerprint density at radius 3 is 2.90 bits per heavy atom. The van der Waals surface area contributed by atoms with E-state index in [2.05, 4.69) is 38.6 Å². The number of H-pyrrole nitrogens is 1. The Morgan fingerprint density at radius 2 is 2.33 bits per heavy atom. The molecule has 2 aromatic heterocycles. The van der Waals surface area contributed by atoms with E-state index < -0.39 is 0 Å². The van der Waals surface area contributed by atoms with Gasteiger partial charge in [0.2, 0.25) is 0 Å². The normalized spacial score (nSPS) is 18.3. The SMILES string of the molecule is Cc1cn[nH]c1C1CCCN1Cc1nccn1C.O=CO. The van der Waals surface area contributed by atoms with Gasteiger partial charge >= 0.3 is 0 Å². The molecule has 0 amide bonds. The van der Waals surface area contributed by atoms with Gasteiger partial charge in [-0.25, -0.2) is 4.98 Å². The Morgan fingerprint density at radius 1 is 1.57 bits per heavy atom. The van der Waals surface area contributed by atoms with E-state index in [1.165, 1.54) is 24.1 Å². The van der Waals surface area contributed by atoms with Crippen LogP contribution in [0, 0.1) is 6.92 Å². The predicted octanol–water partition coefficient (Wildman–Crippen LogP) is 1.49. The van der Waals surface area contributed by atoms with Crippen LogP contribution in [0.3, 0.4) is 0 Å². The molecule has 7 nitrogen and oxygen atoms in total. The lowest BCUT2D eigenvalue weighted by atomic mass is 10.1. The number of hydrogen-bond acceptors (Lipinski definition) is 4. The summed E-state index contributed by atoms with van der Waals surface area (Å²) in [4.78, 5) is 15.3. The van der Waals surface area contributed by atoms with E-state index in [0.717, 1.165) is 18.9 Å². The van der Waals surface area contributed by atoms with Crippen LogP contribution in [-0.4, -0.2) is 42.8 Å². The van der Waals surface area contributed by atoms with Crippen LogP contribution >= 0.6 is 0 Å². The van der Waals surface area contributed by atoms with Gasteiger partial charge in [0.1, 0.15) is 5.82 Å². The Bertz CT molecular complexity index is 577. The van der Waals surface area contributed by atoms with Crippen LogP contribution < -0.4 is 0 Å². The van der Waals surface area contributed by atoms with Gasteiger partial charge in [-0.15, -0.1) is 0 Å². The van der Waals surface area contributed by atoms with Gasteiger partial charge in [-0.2, -0.15) is 5.10 Å². The van der Waals surface area contributed by atoms with Crippen molar-refractivity contribution in [3.63, 3.8) is 0 Å². The minimum absolute atomic E-state index is 0.250. The molecule has 114 valence electrons. The van der Waals surface area contributed by atoms with Crippen molar-refractivity contribution in [1.82, 2.24) is 24.6 Å². The molecule has 7 heteroatoms. The zero-order chi connectivity index (χ0) is 15.2. The molecule has 2 N–H and O–H groups in total. The second-order valence-corrected chi connectivity index (χ2v) is 5.15. The number of nitrogens with one attached hydrogen (secondary N) is 1. The first-order valence-electron chi connectivity index (χ1n) is 6.95. The molecule has 0 aliphatic carbocycles. The molecule has 3 rings (SSSR count). The molecule has 1 aliphatic rings. The van der Waals surface area contributed by atoms with E-state index in [9.17, 15) is 0 Å². The number of nitrogens with zero attached hydrogens (tertiary/aromatic N) is 4. The minimum Gasteiger partial charge on any atom is -0.483 e. The number of aromatic nitrogens is 4. The van der Waals surface area contributed by atoms with Crippen molar-refractivity contribution in [2.75, 3.05) is 6.54 Å². The molecule has 3 heterocycles. The van der Waals surface area contributed by atoms with E-state index >= 15 is 0 Å². The summed E-state index contributed by atoms with van der Waals surface area (Å²) < 4.78 is 2.09. The van der Waals surface area contributed by atoms with Gasteiger partial charge in [0.05, 0.1) is 24.5 Å². The zero-order valence-corrected chi connectivity index (χ0v) is 12.4. The highest BCUT2D eigenvalue weighted by molar-refractivity contribution is 5.32. The van der Waals surface area contributed by atoms with Crippen LogP contribution in [-0.2, 0) is 18.4 Å². The van der Waals surface area contributed by atoms with E-state index in [4.69, 9.17) is 9.90 Å². The first kappa shape index (κ1) is 15.2. The highest BCUT2D eigenvalue weighted by atomic mass is 16.3. The Kier molecular flexibility index (Phi) is 5.10. The van der Waals surface area contributed by atoms with E-state index in [0.29, 0.717) is 6.04 Å². The van der Waals surface area contributed by atoms with Crippen molar-refractivity contribution in [3.05, 3.63) is 35.7 Å². The monoisotopic (exact) mass is 291 g/mol. The van der Waals surface area contributed by atoms with Gasteiger partial charge in [-0.3, -0.25) is 14.8 Å². The average Bonchev–Trinajstić information content (AvgIpc) is 3.14. The molecule has 0 spiro atoms. The number of rotatable bonds is 3. The maximum Gasteiger partial charge on any atom is 0.290 e. The van der Waals surface area contributed by atoms with Crippen molar-refractivity contribution in [1.29, 1.82) is 0 Å². The molecule has 21 heavy (non-hydrogen) atoms. The van der Waals surface area contributed by atoms with E-state index in [1.807, 2.05) is 18.6 Å². The van der Waals surface area contributed by atoms with Crippen molar-refractivity contribution in [3.8, 4) is 0 Å². The molecule has 1 saturated heterocycles. The summed E-state index contributed by atoms with van der Waals surface area (Å²) in [6.07, 6.45) is 8.22. The molecule has 0 radical (unpaired) electrons. The molecule has 2 aromatic rings. The third-order valence-corrected chi connectivity index (χ3v) is 3.83. The van der Waals surface area contributed by atoms with Gasteiger partial charge in [0.15, 0.2) is 0 Å². The minimum atomic E-state index is -0.250. The quantitative estimate of drug-likeness (QED) is 0.837. The molecule has 1 fully saturated rings. The summed E-state index contributed by atoms with van der Waals surface area (Å²) >= 11 is 0. The maximum absolute atomic E-state index is 8.36. The second kappa shape index (κ2) is 7.03. The van der Waals surface area contributed by atoms with Crippen molar-refractivity contribution in [2.45, 2.75) is 32.4 Å². The first-order chi connectivity index (χ1) is 10.2. The third kappa shape index (κ3) is 3.49. The average molecular weight is 291 g/mol. The molecule has 0 saturated carbocycles. The molecule has 0 aromatic carbocycles. The van der Waals surface area contributed by atoms with E-state index in [1.54, 1.807) is 0 Å². The van der Waals surface area contributed by atoms with Gasteiger partial charge in [-0.1, -0.05) is 0 Å². The van der Waals surface area contributed by atoms with Crippen LogP contribution in [0.2, 0.25) is 0 Å². The fourth-order valence-corrected chi connectivity index (χ4v) is 2.77. The van der Waals surface area contributed by atoms with Crippen molar-refractivity contribution < 1.29 is 9.90 Å². The molecule has 1 aliphatic heterocycles. The lowest BCUT2D eigenvalue weighted by molar-refractivity contribution is -0.122. The summed E-state index contributed by atoms with van der Waals surface area (Å²) in [5.74, 6) is 1.12. The highest BCUT2D eigenvalue weighted by Gasteiger charge is 2.28. The number of likely N-dealkylation sites (tertiary alicyclic amines) is 1. The summed E-state index contributed by atoms with van der Waals surface area (Å²) in [6.45, 7) is 3.92. The van der Waals surface area contributed by atoms with Gasteiger partial charge in [-0.05, 0) is 31.9 Å². The fraction of sp³-hybridized carbons (Fsp3) is 0.500. The number of carbonyl (C=O) groups is 1. The van der Waals surface area contributed by atoms with Crippen LogP contribution in [0.15, 0.2) is 18.6 Å². The third-order valence-electron chi connectivity index (χ3n) is 3.83. The number of aromatic amines is 1. The van der Waals surface area contributed by atoms with Gasteiger partial charge in [0.25, 0.3) is 6.47 Å². The van der Waals surface area contributed by atoms with E-state index in [-0.39, 0.29) is 6.47 Å². The Hall–Kier alpha value is -2.15. The topological polar surface area (TPSA) is 87.0 Å². The fourth-order valence-electron chi connectivity index (χ4n) is 2.77. The maximum atomic E-state index is 8.36. The molecule has 0 bridgehead atoms. The summed E-state index contributed by atoms with van der Waals surface area (Å²) in [6, 6.07) is 0.462. The predicted molar refractivity (Wildman–Crippen MR) is 77.6 cm³/mol. The Balaban J connectivity index is 0.000000497. The highest BCUT2D eigenvalue weighted by Crippen LogP contribution is 2.33. The van der Waals surface area contributed by atoms with Gasteiger partial charge < -0.3 is 9.67 Å². The molecular weight excluding hydrogens is 270 g/mol. The number of imidazole rings is 1. The van der Waals surface area contributed by atoms with Crippen molar-refractivity contribution in [2.24, 2.45) is 7.05 Å². The molecule has 1 unspecified atom stereocenters. The molecular formula is C14H21N5O2. The lowest BCUT2D eigenvalue weighted by Crippen LogP contribution is -2.25. The number of carboxylic acid groups (broad SMARTS) is 1. The largest absolute Gasteiger partial charge is 0.483 e. The summed E-state index contributed by atoms with van der Waals surface area (Å²) in [5, 5.41) is 14.2. The zero-order valence-electron chi connectivity index (χ0n) is 12.4. The van der Waals surface area contributed by atoms with Crippen LogP contribution in [0.4, 0.5) is 0 Å². The van der Waals surface area contributed by atoms with Gasteiger partial charge in [0, 0.05) is 19.4 Å². The lowest BCUT2D eigenvalue weighted by Gasteiger charge is -2.23. The summed E-state index contributed by atoms with van der Waals surface area (Å²) in [7, 11) is 2.05. The number of aryl methyl sites for hydroxylation is 2. The number of hydrogen-bond donors (Lipinski definition) is 2. The second-order valence-electron chi connectivity index (χ2n) is 5.15. The summed E-state index contributed by atoms with van der Waals surface area (Å²) in [5.41, 5.74) is 2.52. The standard InChI is InChI=1S/C13H19N5.CH2O2/c1-10-8-15-16-13(10)11-4-3-6-18(11)9-12-14-5-7-17(12)2;2-1-3/h5,7-8,11H,3-4,6,9H2,1-2H3,(H,15,16);1H,(H,2,3). The van der Waals surface area contributed by atoms with Crippen LogP contribution in [0.5, 0.6) is 0 Å². The smallest absolute Gasteiger partial charge is 0.290 e.